The van der Waals surface area contributed by atoms with Crippen LogP contribution in [0.2, 0.25) is 40.2 Å². The highest BCUT2D eigenvalue weighted by atomic mass is 35.5. The number of nitrogens with one attached hydrogen (secondary N) is 4. The van der Waals surface area contributed by atoms with Crippen LogP contribution in [-0.4, -0.2) is 60.5 Å². The van der Waals surface area contributed by atoms with Crippen molar-refractivity contribution in [3.63, 3.8) is 0 Å². The first-order valence-electron chi connectivity index (χ1n) is 19.7. The number of hydrazine groups is 1. The molecule has 360 valence electrons. The Morgan fingerprint density at radius 3 is 1.19 bits per heavy atom. The first kappa shape index (κ1) is 53.5. The fraction of sp³-hybridized carbons (Fsp3) is 0.178. The summed E-state index contributed by atoms with van der Waals surface area (Å²) in [6.45, 7) is 5.14. The number of H-pyrrole nitrogens is 4. The number of aromatic amines is 4. The molecule has 1 aliphatic rings. The number of allylic oxidation sites excluding steroid dienone is 1. The molecular formula is C45H42Cl8N8O7. The Kier molecular flexibility index (Phi) is 19.8. The van der Waals surface area contributed by atoms with E-state index in [9.17, 15) is 14.4 Å². The molecular weight excluding hydrogens is 1050 g/mol. The molecule has 0 atom stereocenters. The lowest BCUT2D eigenvalue weighted by Crippen LogP contribution is -2.30. The highest BCUT2D eigenvalue weighted by molar-refractivity contribution is 6.36. The van der Waals surface area contributed by atoms with E-state index in [1.165, 1.54) is 22.9 Å². The van der Waals surface area contributed by atoms with Crippen molar-refractivity contribution in [3.8, 4) is 23.0 Å². The zero-order chi connectivity index (χ0) is 49.7. The lowest BCUT2D eigenvalue weighted by Gasteiger charge is -2.26. The highest BCUT2D eigenvalue weighted by Gasteiger charge is 2.19. The van der Waals surface area contributed by atoms with Gasteiger partial charge in [0.25, 0.3) is 16.7 Å². The summed E-state index contributed by atoms with van der Waals surface area (Å²) in [5, 5.41) is 18.6. The lowest BCUT2D eigenvalue weighted by molar-refractivity contribution is 0.117. The van der Waals surface area contributed by atoms with Gasteiger partial charge in [-0.25, -0.2) is 0 Å². The van der Waals surface area contributed by atoms with Gasteiger partial charge in [-0.15, -0.1) is 0 Å². The molecule has 0 unspecified atom stereocenters. The minimum absolute atomic E-state index is 0.104. The van der Waals surface area contributed by atoms with Crippen LogP contribution in [0.4, 0.5) is 0 Å². The van der Waals surface area contributed by atoms with E-state index in [2.05, 4.69) is 27.0 Å². The number of benzene rings is 4. The van der Waals surface area contributed by atoms with Crippen molar-refractivity contribution in [2.45, 2.75) is 19.8 Å². The van der Waals surface area contributed by atoms with Gasteiger partial charge in [-0.2, -0.15) is 0 Å². The van der Waals surface area contributed by atoms with Gasteiger partial charge in [0.2, 0.25) is 0 Å². The standard InChI is InChI=1S/C13H14Cl2N2O.2C11H10Cl2N2O2.C10H8Cl2N2O2/c1-9-4-12(17(3)16(9)2)8-18-13-6-10(14)5-11(15)7-13;1-15-9(5-11(16)14-15)6-17-10-3-7(12)2-8(13)4-10;1-15-11(16)5-9(14-15)6-17-10-3-7(12)2-8(13)4-10;11-6-1-7(12)3-9(2-6)16-5-8-4-10(15)14-13-8/h4-7H,1,8H2,2-3H3;2-5H,6H2,1H3,(H,14,16);2-5,14H,6H2,1H3;1-4H,5H2,(H2,13,14,15). The van der Waals surface area contributed by atoms with Crippen LogP contribution >= 0.6 is 92.8 Å². The predicted octanol–water partition coefficient (Wildman–Crippen LogP) is 11.3. The van der Waals surface area contributed by atoms with E-state index in [-0.39, 0.29) is 36.5 Å². The van der Waals surface area contributed by atoms with Crippen LogP contribution in [0.1, 0.15) is 17.1 Å². The quantitative estimate of drug-likeness (QED) is 0.0931. The van der Waals surface area contributed by atoms with Gasteiger partial charge in [0.05, 0.1) is 28.5 Å². The van der Waals surface area contributed by atoms with E-state index in [0.717, 1.165) is 17.1 Å². The van der Waals surface area contributed by atoms with Crippen molar-refractivity contribution in [3.05, 3.63) is 203 Å². The first-order valence-corrected chi connectivity index (χ1v) is 22.7. The van der Waals surface area contributed by atoms with Crippen LogP contribution in [0.3, 0.4) is 0 Å². The molecule has 0 aliphatic carbocycles. The molecule has 0 fully saturated rings. The molecule has 3 aromatic heterocycles. The van der Waals surface area contributed by atoms with Gasteiger partial charge in [-0.3, -0.25) is 54.2 Å². The average molecular weight is 1090 g/mol. The van der Waals surface area contributed by atoms with Crippen LogP contribution in [0.5, 0.6) is 23.0 Å². The third-order valence-corrected chi connectivity index (χ3v) is 10.9. The van der Waals surface area contributed by atoms with E-state index >= 15 is 0 Å². The Hall–Kier alpha value is -5.49. The zero-order valence-electron chi connectivity index (χ0n) is 36.4. The fourth-order valence-electron chi connectivity index (χ4n) is 5.71. The topological polar surface area (TPSA) is 168 Å². The maximum Gasteiger partial charge on any atom is 0.266 e. The molecule has 4 N–H and O–H groups in total. The Bertz CT molecular complexity index is 2970. The van der Waals surface area contributed by atoms with E-state index < -0.39 is 0 Å². The van der Waals surface area contributed by atoms with Crippen LogP contribution in [0.15, 0.2) is 129 Å². The van der Waals surface area contributed by atoms with Crippen LogP contribution < -0.4 is 35.6 Å². The SMILES string of the molecule is C=C1C=C(COc2cc(Cl)cc(Cl)c2)N(C)N1C.Cn1[nH]c(=O)cc1COc1cc(Cl)cc(Cl)c1.Cn1[nH]c(COc2cc(Cl)cc(Cl)c2)cc1=O.O=c1cc(COc2cc(Cl)cc(Cl)c2)[nH][nH]1. The van der Waals surface area contributed by atoms with Gasteiger partial charge < -0.3 is 18.9 Å². The van der Waals surface area contributed by atoms with Gasteiger partial charge in [0.1, 0.15) is 49.4 Å². The summed E-state index contributed by atoms with van der Waals surface area (Å²) in [6.07, 6.45) is 1.98. The van der Waals surface area contributed by atoms with Crippen molar-refractivity contribution in [2.24, 2.45) is 14.1 Å². The van der Waals surface area contributed by atoms with E-state index in [1.54, 1.807) is 91.6 Å². The molecule has 15 nitrogen and oxygen atoms in total. The third kappa shape index (κ3) is 17.2. The molecule has 4 aromatic carbocycles. The summed E-state index contributed by atoms with van der Waals surface area (Å²) in [4.78, 5) is 33.1. The van der Waals surface area contributed by atoms with Gasteiger partial charge in [0, 0.05) is 86.6 Å². The number of rotatable bonds is 12. The molecule has 23 heteroatoms. The Balaban J connectivity index is 0.000000170. The molecule has 0 saturated heterocycles. The predicted molar refractivity (Wildman–Crippen MR) is 271 cm³/mol. The molecule has 7 aromatic rings. The summed E-state index contributed by atoms with van der Waals surface area (Å²) in [5.74, 6) is 2.34. The number of halogens is 8. The van der Waals surface area contributed by atoms with Gasteiger partial charge in [-0.1, -0.05) is 99.4 Å². The molecule has 8 rings (SSSR count). The van der Waals surface area contributed by atoms with E-state index in [1.807, 2.05) is 30.2 Å². The summed E-state index contributed by atoms with van der Waals surface area (Å²) in [5.41, 5.74) is 3.59. The Morgan fingerprint density at radius 1 is 0.441 bits per heavy atom. The third-order valence-electron chi connectivity index (χ3n) is 9.12. The number of nitrogens with zero attached hydrogens (tertiary/aromatic N) is 4. The molecule has 68 heavy (non-hydrogen) atoms. The van der Waals surface area contributed by atoms with Crippen LogP contribution in [-0.2, 0) is 33.9 Å². The molecule has 0 spiro atoms. The zero-order valence-corrected chi connectivity index (χ0v) is 42.5. The number of ether oxygens (including phenoxy) is 4. The van der Waals surface area contributed by atoms with Crippen molar-refractivity contribution in [2.75, 3.05) is 20.7 Å². The summed E-state index contributed by atoms with van der Waals surface area (Å²) in [6, 6.07) is 24.4. The van der Waals surface area contributed by atoms with E-state index in [0.29, 0.717) is 81.2 Å². The number of aryl methyl sites for hydroxylation is 2. The van der Waals surface area contributed by atoms with E-state index in [4.69, 9.17) is 112 Å². The maximum atomic E-state index is 11.2. The van der Waals surface area contributed by atoms with Gasteiger partial charge in [-0.05, 0) is 78.9 Å². The number of likely N-dealkylation sites (N-methyl/N-ethyl adjacent to an activating group) is 2. The second kappa shape index (κ2) is 25.2. The molecule has 4 heterocycles. The summed E-state index contributed by atoms with van der Waals surface area (Å²) >= 11 is 46.8. The van der Waals surface area contributed by atoms with Crippen molar-refractivity contribution >= 4 is 92.8 Å². The minimum Gasteiger partial charge on any atom is -0.487 e. The summed E-state index contributed by atoms with van der Waals surface area (Å²) < 4.78 is 25.0. The van der Waals surface area contributed by atoms with Gasteiger partial charge in [0.15, 0.2) is 0 Å². The normalized spacial score (nSPS) is 11.7. The smallest absolute Gasteiger partial charge is 0.266 e. The Labute approximate surface area is 429 Å². The van der Waals surface area contributed by atoms with Crippen LogP contribution in [0, 0.1) is 0 Å². The first-order chi connectivity index (χ1) is 32.2. The van der Waals surface area contributed by atoms with Gasteiger partial charge >= 0.3 is 0 Å². The monoisotopic (exact) mass is 1090 g/mol. The van der Waals surface area contributed by atoms with Crippen molar-refractivity contribution in [1.29, 1.82) is 0 Å². The summed E-state index contributed by atoms with van der Waals surface area (Å²) in [7, 11) is 7.29. The Morgan fingerprint density at radius 2 is 0.853 bits per heavy atom. The number of hydrogen-bond donors (Lipinski definition) is 4. The number of hydrogen-bond acceptors (Lipinski definition) is 9. The lowest BCUT2D eigenvalue weighted by atomic mass is 10.3. The second-order valence-corrected chi connectivity index (χ2v) is 17.9. The molecule has 0 saturated carbocycles. The molecule has 0 amide bonds. The molecule has 0 radical (unpaired) electrons. The minimum atomic E-state index is -0.192. The fourth-order valence-corrected chi connectivity index (χ4v) is 7.74. The van der Waals surface area contributed by atoms with Crippen LogP contribution in [0.25, 0.3) is 0 Å². The maximum absolute atomic E-state index is 11.2. The van der Waals surface area contributed by atoms with Crippen molar-refractivity contribution in [1.82, 2.24) is 39.8 Å². The number of aromatic nitrogens is 6. The highest BCUT2D eigenvalue weighted by Crippen LogP contribution is 2.28. The average Bonchev–Trinajstić information content (AvgIpc) is 3.98. The van der Waals surface area contributed by atoms with Crippen molar-refractivity contribution < 1.29 is 18.9 Å². The molecule has 0 bridgehead atoms. The largest absolute Gasteiger partial charge is 0.487 e. The second-order valence-electron chi connectivity index (χ2n) is 14.4. The molecule has 1 aliphatic heterocycles.